The van der Waals surface area contributed by atoms with Crippen LogP contribution in [0.3, 0.4) is 0 Å². The monoisotopic (exact) mass is 327 g/mol. The molecule has 1 aliphatic rings. The van der Waals surface area contributed by atoms with Crippen molar-refractivity contribution in [1.29, 1.82) is 0 Å². The number of nitrogens with zero attached hydrogens (tertiary/aromatic N) is 1. The van der Waals surface area contributed by atoms with Gasteiger partial charge in [-0.25, -0.2) is 0 Å². The summed E-state index contributed by atoms with van der Waals surface area (Å²) in [6.07, 6.45) is 2.58. The molecule has 1 aromatic carbocycles. The minimum absolute atomic E-state index is 0.151. The normalized spacial score (nSPS) is 14.1. The summed E-state index contributed by atoms with van der Waals surface area (Å²) >= 11 is 0. The molecule has 2 amide bonds. The molecule has 6 heteroatoms. The number of nitrogens with one attached hydrogen (secondary N) is 2. The molecule has 0 fully saturated rings. The van der Waals surface area contributed by atoms with Gasteiger partial charge in [0, 0.05) is 25.3 Å². The molecule has 0 bridgehead atoms. The fourth-order valence-corrected chi connectivity index (χ4v) is 3.04. The third-order valence-corrected chi connectivity index (χ3v) is 4.17. The summed E-state index contributed by atoms with van der Waals surface area (Å²) in [5.74, 6) is -0.471. The van der Waals surface area contributed by atoms with Gasteiger partial charge in [-0.2, -0.15) is 0 Å². The Labute approximate surface area is 140 Å². The highest BCUT2D eigenvalue weighted by Crippen LogP contribution is 2.34. The quantitative estimate of drug-likeness (QED) is 0.819. The van der Waals surface area contributed by atoms with Crippen molar-refractivity contribution < 1.29 is 14.0 Å². The Morgan fingerprint density at radius 3 is 2.71 bits per heavy atom. The number of benzene rings is 1. The number of hydrogen-bond acceptors (Lipinski definition) is 4. The van der Waals surface area contributed by atoms with E-state index in [-0.39, 0.29) is 6.04 Å². The number of carbonyl (C=O) groups excluding carboxylic acids is 2. The third-order valence-electron chi connectivity index (χ3n) is 4.17. The third kappa shape index (κ3) is 3.27. The second kappa shape index (κ2) is 7.21. The predicted octanol–water partition coefficient (Wildman–Crippen LogP) is 1.64. The van der Waals surface area contributed by atoms with E-state index in [2.05, 4.69) is 27.7 Å². The van der Waals surface area contributed by atoms with Crippen LogP contribution >= 0.6 is 0 Å². The highest BCUT2D eigenvalue weighted by molar-refractivity contribution is 6.35. The van der Waals surface area contributed by atoms with Crippen molar-refractivity contribution >= 4 is 17.5 Å². The maximum atomic E-state index is 11.9. The van der Waals surface area contributed by atoms with Gasteiger partial charge in [0.2, 0.25) is 0 Å². The summed E-state index contributed by atoms with van der Waals surface area (Å²) in [5, 5.41) is 5.21. The number of para-hydroxylation sites is 1. The highest BCUT2D eigenvalue weighted by Gasteiger charge is 2.29. The molecule has 0 aliphatic carbocycles. The molecule has 2 N–H and O–H groups in total. The predicted molar refractivity (Wildman–Crippen MR) is 90.6 cm³/mol. The van der Waals surface area contributed by atoms with Gasteiger partial charge in [-0.05, 0) is 37.1 Å². The van der Waals surface area contributed by atoms with E-state index >= 15 is 0 Å². The topological polar surface area (TPSA) is 74.6 Å². The lowest BCUT2D eigenvalue weighted by molar-refractivity contribution is -0.139. The fraction of sp³-hybridized carbons (Fsp3) is 0.333. The van der Waals surface area contributed by atoms with Crippen molar-refractivity contribution in [3.8, 4) is 0 Å². The molecule has 0 spiro atoms. The van der Waals surface area contributed by atoms with E-state index in [0.29, 0.717) is 13.1 Å². The van der Waals surface area contributed by atoms with Gasteiger partial charge in [-0.3, -0.25) is 9.59 Å². The number of hydrogen-bond donors (Lipinski definition) is 2. The van der Waals surface area contributed by atoms with Gasteiger partial charge >= 0.3 is 11.8 Å². The van der Waals surface area contributed by atoms with Gasteiger partial charge in [-0.15, -0.1) is 0 Å². The Balaban J connectivity index is 1.77. The zero-order chi connectivity index (χ0) is 16.9. The summed E-state index contributed by atoms with van der Waals surface area (Å²) in [5.41, 5.74) is 2.43. The zero-order valence-corrected chi connectivity index (χ0v) is 13.6. The van der Waals surface area contributed by atoms with Crippen LogP contribution in [0.1, 0.15) is 24.3 Å². The molecule has 0 unspecified atom stereocenters. The van der Waals surface area contributed by atoms with Crippen LogP contribution in [0.25, 0.3) is 0 Å². The van der Waals surface area contributed by atoms with E-state index in [1.54, 1.807) is 13.2 Å². The summed E-state index contributed by atoms with van der Waals surface area (Å²) < 4.78 is 5.57. The number of furan rings is 1. The van der Waals surface area contributed by atoms with Crippen LogP contribution < -0.4 is 15.5 Å². The number of anilines is 1. The lowest BCUT2D eigenvalue weighted by Gasteiger charge is -2.29. The molecule has 0 saturated carbocycles. The first kappa shape index (κ1) is 16.1. The Bertz CT molecular complexity index is 712. The Morgan fingerprint density at radius 2 is 1.96 bits per heavy atom. The number of fused-ring (bicyclic) bond motifs is 1. The number of rotatable bonds is 5. The molecule has 2 aromatic rings. The summed E-state index contributed by atoms with van der Waals surface area (Å²) in [6, 6.07) is 11.8. The standard InChI is InChI=1S/C18H21N3O3/c1-2-19-17(22)18(23)20-12-15(16-8-5-11-24-16)21-10-9-13-6-3-4-7-14(13)21/h3-8,11,15H,2,9-10,12H2,1H3,(H,19,22)(H,20,23)/t15-/m0/s1. The van der Waals surface area contributed by atoms with E-state index in [4.69, 9.17) is 4.42 Å². The second-order valence-corrected chi connectivity index (χ2v) is 5.67. The lowest BCUT2D eigenvalue weighted by atomic mass is 10.1. The van der Waals surface area contributed by atoms with Gasteiger partial charge in [0.1, 0.15) is 11.8 Å². The summed E-state index contributed by atoms with van der Waals surface area (Å²) in [7, 11) is 0. The van der Waals surface area contributed by atoms with Crippen LogP contribution in [-0.2, 0) is 16.0 Å². The molecular formula is C18H21N3O3. The van der Waals surface area contributed by atoms with Gasteiger partial charge in [0.25, 0.3) is 0 Å². The second-order valence-electron chi connectivity index (χ2n) is 5.67. The number of amides is 2. The SMILES string of the molecule is CCNC(=O)C(=O)NC[C@@H](c1ccco1)N1CCc2ccccc21. The lowest BCUT2D eigenvalue weighted by Crippen LogP contribution is -2.44. The molecule has 126 valence electrons. The Hall–Kier alpha value is -2.76. The minimum Gasteiger partial charge on any atom is -0.467 e. The van der Waals surface area contributed by atoms with Crippen LogP contribution in [0.2, 0.25) is 0 Å². The van der Waals surface area contributed by atoms with Crippen LogP contribution in [-0.4, -0.2) is 31.4 Å². The highest BCUT2D eigenvalue weighted by atomic mass is 16.3. The summed E-state index contributed by atoms with van der Waals surface area (Å²) in [6.45, 7) is 3.35. The first-order valence-electron chi connectivity index (χ1n) is 8.14. The molecule has 1 aliphatic heterocycles. The molecular weight excluding hydrogens is 306 g/mol. The molecule has 1 atom stereocenters. The largest absolute Gasteiger partial charge is 0.467 e. The summed E-state index contributed by atoms with van der Waals surface area (Å²) in [4.78, 5) is 25.7. The number of carbonyl (C=O) groups is 2. The molecule has 3 rings (SSSR count). The van der Waals surface area contributed by atoms with Crippen molar-refractivity contribution in [3.63, 3.8) is 0 Å². The maximum absolute atomic E-state index is 11.9. The van der Waals surface area contributed by atoms with Crippen molar-refractivity contribution in [2.45, 2.75) is 19.4 Å². The van der Waals surface area contributed by atoms with Crippen molar-refractivity contribution in [2.24, 2.45) is 0 Å². The van der Waals surface area contributed by atoms with Gasteiger partial charge in [0.15, 0.2) is 0 Å². The van der Waals surface area contributed by atoms with Crippen molar-refractivity contribution in [3.05, 3.63) is 54.0 Å². The first-order valence-corrected chi connectivity index (χ1v) is 8.14. The van der Waals surface area contributed by atoms with Crippen LogP contribution in [0.4, 0.5) is 5.69 Å². The van der Waals surface area contributed by atoms with E-state index in [1.807, 2.05) is 24.3 Å². The zero-order valence-electron chi connectivity index (χ0n) is 13.6. The minimum atomic E-state index is -0.624. The van der Waals surface area contributed by atoms with E-state index in [0.717, 1.165) is 24.4 Å². The average Bonchev–Trinajstić information content (AvgIpc) is 3.25. The maximum Gasteiger partial charge on any atom is 0.309 e. The Kier molecular flexibility index (Phi) is 4.84. The van der Waals surface area contributed by atoms with Gasteiger partial charge < -0.3 is 20.0 Å². The number of likely N-dealkylation sites (N-methyl/N-ethyl adjacent to an activating group) is 1. The van der Waals surface area contributed by atoms with Crippen LogP contribution in [0, 0.1) is 0 Å². The van der Waals surface area contributed by atoms with E-state index < -0.39 is 11.8 Å². The Morgan fingerprint density at radius 1 is 1.17 bits per heavy atom. The van der Waals surface area contributed by atoms with Gasteiger partial charge in [-0.1, -0.05) is 18.2 Å². The molecule has 2 heterocycles. The molecule has 24 heavy (non-hydrogen) atoms. The average molecular weight is 327 g/mol. The van der Waals surface area contributed by atoms with E-state index in [1.165, 1.54) is 5.56 Å². The van der Waals surface area contributed by atoms with Crippen LogP contribution in [0.5, 0.6) is 0 Å². The van der Waals surface area contributed by atoms with Gasteiger partial charge in [0.05, 0.1) is 6.26 Å². The van der Waals surface area contributed by atoms with Crippen LogP contribution in [0.15, 0.2) is 47.1 Å². The first-order chi connectivity index (χ1) is 11.7. The molecule has 1 aromatic heterocycles. The molecule has 0 radical (unpaired) electrons. The van der Waals surface area contributed by atoms with Crippen molar-refractivity contribution in [2.75, 3.05) is 24.5 Å². The van der Waals surface area contributed by atoms with E-state index in [9.17, 15) is 9.59 Å². The molecule has 0 saturated heterocycles. The van der Waals surface area contributed by atoms with Crippen molar-refractivity contribution in [1.82, 2.24) is 10.6 Å². The fourth-order valence-electron chi connectivity index (χ4n) is 3.04. The molecule has 6 nitrogen and oxygen atoms in total. The smallest absolute Gasteiger partial charge is 0.309 e.